The third kappa shape index (κ3) is 4.80. The summed E-state index contributed by atoms with van der Waals surface area (Å²) in [6, 6.07) is 14.3. The van der Waals surface area contributed by atoms with E-state index in [2.05, 4.69) is 35.6 Å². The van der Waals surface area contributed by atoms with E-state index in [1.807, 2.05) is 12.1 Å². The highest BCUT2D eigenvalue weighted by atomic mass is 16.1. The van der Waals surface area contributed by atoms with Crippen LogP contribution in [0, 0.1) is 11.8 Å². The maximum Gasteiger partial charge on any atom is 0.234 e. The van der Waals surface area contributed by atoms with Gasteiger partial charge in [0.2, 0.25) is 5.91 Å². The first-order chi connectivity index (χ1) is 12.2. The molecule has 1 saturated carbocycles. The molecule has 1 amide bonds. The summed E-state index contributed by atoms with van der Waals surface area (Å²) >= 11 is 0. The maximum absolute atomic E-state index is 11.9. The number of nitrogens with two attached hydrogens (primary N) is 2. The lowest BCUT2D eigenvalue weighted by molar-refractivity contribution is -0.120. The zero-order chi connectivity index (χ0) is 17.6. The Morgan fingerprint density at radius 3 is 2.40 bits per heavy atom. The molecule has 0 spiro atoms. The number of rotatable bonds is 7. The van der Waals surface area contributed by atoms with Gasteiger partial charge in [-0.3, -0.25) is 4.79 Å². The van der Waals surface area contributed by atoms with Crippen LogP contribution in [-0.4, -0.2) is 25.0 Å². The van der Waals surface area contributed by atoms with Crippen LogP contribution in [0.5, 0.6) is 0 Å². The monoisotopic (exact) mass is 339 g/mol. The fourth-order valence-corrected chi connectivity index (χ4v) is 3.86. The fraction of sp³-hybridized carbons (Fsp3) is 0.476. The van der Waals surface area contributed by atoms with E-state index in [0.29, 0.717) is 18.3 Å². The molecule has 3 rings (SSSR count). The second-order valence-corrected chi connectivity index (χ2v) is 7.37. The van der Waals surface area contributed by atoms with Crippen molar-refractivity contribution in [3.8, 4) is 0 Å². The Morgan fingerprint density at radius 1 is 1.04 bits per heavy atom. The Balaban J connectivity index is 1.58. The number of carbonyl (C=O) groups is 1. The summed E-state index contributed by atoms with van der Waals surface area (Å²) in [6.45, 7) is 1.66. The second kappa shape index (κ2) is 8.45. The lowest BCUT2D eigenvalue weighted by atomic mass is 9.82. The van der Waals surface area contributed by atoms with Gasteiger partial charge >= 0.3 is 0 Å². The quantitative estimate of drug-likeness (QED) is 0.725. The van der Waals surface area contributed by atoms with Gasteiger partial charge in [-0.05, 0) is 73.4 Å². The van der Waals surface area contributed by atoms with Gasteiger partial charge in [0.15, 0.2) is 0 Å². The van der Waals surface area contributed by atoms with E-state index >= 15 is 0 Å². The van der Waals surface area contributed by atoms with E-state index in [0.717, 1.165) is 18.7 Å². The van der Waals surface area contributed by atoms with Crippen molar-refractivity contribution in [1.82, 2.24) is 5.32 Å². The predicted octanol–water partition coefficient (Wildman–Crippen LogP) is 2.59. The number of amides is 1. The molecule has 0 unspecified atom stereocenters. The zero-order valence-corrected chi connectivity index (χ0v) is 14.8. The van der Waals surface area contributed by atoms with Crippen LogP contribution in [0.15, 0.2) is 42.5 Å². The molecule has 0 saturated heterocycles. The number of primary amides is 1. The Bertz CT molecular complexity index is 707. The second-order valence-electron chi connectivity index (χ2n) is 7.37. The highest BCUT2D eigenvalue weighted by Crippen LogP contribution is 2.27. The van der Waals surface area contributed by atoms with Crippen molar-refractivity contribution in [3.63, 3.8) is 0 Å². The summed E-state index contributed by atoms with van der Waals surface area (Å²) in [4.78, 5) is 11.9. The Hall–Kier alpha value is -1.91. The van der Waals surface area contributed by atoms with Gasteiger partial charge in [0.05, 0.1) is 6.04 Å². The Morgan fingerprint density at radius 2 is 1.72 bits per heavy atom. The number of fused-ring (bicyclic) bond motifs is 1. The molecule has 4 nitrogen and oxygen atoms in total. The summed E-state index contributed by atoms with van der Waals surface area (Å²) in [5.74, 6) is 1.03. The molecule has 1 fully saturated rings. The van der Waals surface area contributed by atoms with Crippen LogP contribution in [0.2, 0.25) is 0 Å². The normalized spacial score (nSPS) is 22.0. The molecule has 0 bridgehead atoms. The van der Waals surface area contributed by atoms with Crippen molar-refractivity contribution < 1.29 is 4.79 Å². The summed E-state index contributed by atoms with van der Waals surface area (Å²) in [5.41, 5.74) is 12.5. The topological polar surface area (TPSA) is 81.1 Å². The fourth-order valence-electron chi connectivity index (χ4n) is 3.86. The van der Waals surface area contributed by atoms with Gasteiger partial charge in [-0.2, -0.15) is 0 Å². The van der Waals surface area contributed by atoms with Gasteiger partial charge in [-0.25, -0.2) is 0 Å². The van der Waals surface area contributed by atoms with Crippen LogP contribution in [0.25, 0.3) is 10.8 Å². The standard InChI is InChI=1S/C21H29N3O/c22-13-15-5-7-16(8-6-15)14-24-20(21(23)25)12-17-9-10-18-3-1-2-4-19(18)11-17/h1-4,9-11,15-16,20,24H,5-8,12-14,22H2,(H2,23,25)/t15?,16?,20-/m0/s1. The first kappa shape index (κ1) is 17.9. The van der Waals surface area contributed by atoms with Gasteiger partial charge < -0.3 is 16.8 Å². The van der Waals surface area contributed by atoms with E-state index in [-0.39, 0.29) is 11.9 Å². The summed E-state index contributed by atoms with van der Waals surface area (Å²) in [6.07, 6.45) is 5.43. The van der Waals surface area contributed by atoms with Crippen LogP contribution in [0.1, 0.15) is 31.2 Å². The smallest absolute Gasteiger partial charge is 0.234 e. The van der Waals surface area contributed by atoms with Crippen LogP contribution in [0.3, 0.4) is 0 Å². The largest absolute Gasteiger partial charge is 0.368 e. The number of hydrogen-bond donors (Lipinski definition) is 3. The van der Waals surface area contributed by atoms with E-state index in [4.69, 9.17) is 11.5 Å². The first-order valence-electron chi connectivity index (χ1n) is 9.36. The lowest BCUT2D eigenvalue weighted by Gasteiger charge is -2.29. The molecule has 0 aliphatic heterocycles. The zero-order valence-electron chi connectivity index (χ0n) is 14.8. The molecule has 0 radical (unpaired) electrons. The molecule has 1 aliphatic rings. The minimum absolute atomic E-state index is 0.274. The van der Waals surface area contributed by atoms with Crippen LogP contribution < -0.4 is 16.8 Å². The molecule has 1 atom stereocenters. The molecule has 2 aromatic carbocycles. The van der Waals surface area contributed by atoms with E-state index in [9.17, 15) is 4.79 Å². The number of benzene rings is 2. The van der Waals surface area contributed by atoms with Crippen molar-refractivity contribution in [2.45, 2.75) is 38.1 Å². The number of hydrogen-bond acceptors (Lipinski definition) is 3. The van der Waals surface area contributed by atoms with Crippen molar-refractivity contribution in [3.05, 3.63) is 48.0 Å². The first-order valence-corrected chi connectivity index (χ1v) is 9.36. The average Bonchev–Trinajstić information content (AvgIpc) is 2.65. The minimum atomic E-state index is -0.312. The Kier molecular flexibility index (Phi) is 6.05. The predicted molar refractivity (Wildman–Crippen MR) is 103 cm³/mol. The van der Waals surface area contributed by atoms with Crippen LogP contribution in [-0.2, 0) is 11.2 Å². The third-order valence-corrected chi connectivity index (χ3v) is 5.55. The average molecular weight is 339 g/mol. The molecule has 25 heavy (non-hydrogen) atoms. The molecule has 5 N–H and O–H groups in total. The van der Waals surface area contributed by atoms with Crippen molar-refractivity contribution in [2.75, 3.05) is 13.1 Å². The number of carbonyl (C=O) groups excluding carboxylic acids is 1. The SMILES string of the molecule is NCC1CCC(CN[C@@H](Cc2ccc3ccccc3c2)C(N)=O)CC1. The summed E-state index contributed by atoms with van der Waals surface area (Å²) < 4.78 is 0. The lowest BCUT2D eigenvalue weighted by Crippen LogP contribution is -2.45. The molecule has 0 aromatic heterocycles. The van der Waals surface area contributed by atoms with Crippen molar-refractivity contribution in [2.24, 2.45) is 23.3 Å². The third-order valence-electron chi connectivity index (χ3n) is 5.55. The van der Waals surface area contributed by atoms with Crippen LogP contribution >= 0.6 is 0 Å². The van der Waals surface area contributed by atoms with Gasteiger partial charge in [0, 0.05) is 0 Å². The summed E-state index contributed by atoms with van der Waals surface area (Å²) in [7, 11) is 0. The molecular formula is C21H29N3O. The maximum atomic E-state index is 11.9. The van der Waals surface area contributed by atoms with E-state index in [1.54, 1.807) is 0 Å². The molecule has 4 heteroatoms. The van der Waals surface area contributed by atoms with Crippen molar-refractivity contribution >= 4 is 16.7 Å². The molecule has 1 aliphatic carbocycles. The Labute approximate surface area is 150 Å². The van der Waals surface area contributed by atoms with Gasteiger partial charge in [-0.15, -0.1) is 0 Å². The highest BCUT2D eigenvalue weighted by molar-refractivity contribution is 5.84. The minimum Gasteiger partial charge on any atom is -0.368 e. The summed E-state index contributed by atoms with van der Waals surface area (Å²) in [5, 5.41) is 5.82. The van der Waals surface area contributed by atoms with E-state index in [1.165, 1.54) is 36.5 Å². The number of nitrogens with one attached hydrogen (secondary N) is 1. The van der Waals surface area contributed by atoms with Gasteiger partial charge in [0.1, 0.15) is 0 Å². The molecule has 134 valence electrons. The van der Waals surface area contributed by atoms with Crippen molar-refractivity contribution in [1.29, 1.82) is 0 Å². The molecule has 0 heterocycles. The van der Waals surface area contributed by atoms with Gasteiger partial charge in [0.25, 0.3) is 0 Å². The molecule has 2 aromatic rings. The molecular weight excluding hydrogens is 310 g/mol. The van der Waals surface area contributed by atoms with E-state index < -0.39 is 0 Å². The van der Waals surface area contributed by atoms with Gasteiger partial charge in [-0.1, -0.05) is 42.5 Å². The highest BCUT2D eigenvalue weighted by Gasteiger charge is 2.22. The van der Waals surface area contributed by atoms with Crippen LogP contribution in [0.4, 0.5) is 0 Å².